The maximum Gasteiger partial charge on any atom is 0.206 e. The number of allylic oxidation sites excluding steroid dienone is 2. The number of thioether (sulfide) groups is 1. The molecule has 0 radical (unpaired) electrons. The first-order chi connectivity index (χ1) is 11.2. The third-order valence-electron chi connectivity index (χ3n) is 3.50. The van der Waals surface area contributed by atoms with E-state index >= 15 is 0 Å². The van der Waals surface area contributed by atoms with Crippen LogP contribution in [0.2, 0.25) is 0 Å². The van der Waals surface area contributed by atoms with E-state index in [1.807, 2.05) is 53.6 Å². The average Bonchev–Trinajstić information content (AvgIpc) is 2.98. The van der Waals surface area contributed by atoms with Crippen LogP contribution < -0.4 is 4.90 Å². The lowest BCUT2D eigenvalue weighted by Gasteiger charge is -2.22. The Morgan fingerprint density at radius 1 is 1.04 bits per heavy atom. The molecule has 0 N–H and O–H groups in total. The lowest BCUT2D eigenvalue weighted by Crippen LogP contribution is -2.18. The number of ketones is 1. The molecule has 0 atom stereocenters. The van der Waals surface area contributed by atoms with E-state index in [1.54, 1.807) is 24.3 Å². The van der Waals surface area contributed by atoms with Gasteiger partial charge in [-0.2, -0.15) is 5.26 Å². The standard InChI is InChI=1S/C19H14N2OS/c1-14-13-23-19(21(14)16-10-6-3-7-11-16)17(12-20)18(22)15-8-4-2-5-9-15/h2-11,13H,1H3/b19-17-. The Balaban J connectivity index is 2.08. The lowest BCUT2D eigenvalue weighted by molar-refractivity contribution is 0.103. The Hall–Kier alpha value is -2.77. The van der Waals surface area contributed by atoms with Crippen molar-refractivity contribution in [3.8, 4) is 6.07 Å². The van der Waals surface area contributed by atoms with Gasteiger partial charge in [-0.25, -0.2) is 0 Å². The van der Waals surface area contributed by atoms with Gasteiger partial charge in [0.1, 0.15) is 16.7 Å². The Labute approximate surface area is 139 Å². The van der Waals surface area contributed by atoms with Crippen LogP contribution in [-0.2, 0) is 0 Å². The van der Waals surface area contributed by atoms with E-state index in [0.717, 1.165) is 11.4 Å². The predicted octanol–water partition coefficient (Wildman–Crippen LogP) is 4.72. The molecule has 0 fully saturated rings. The Morgan fingerprint density at radius 3 is 2.26 bits per heavy atom. The summed E-state index contributed by atoms with van der Waals surface area (Å²) in [6.45, 7) is 1.97. The summed E-state index contributed by atoms with van der Waals surface area (Å²) in [5, 5.41) is 12.2. The van der Waals surface area contributed by atoms with Gasteiger partial charge in [-0.05, 0) is 24.5 Å². The molecule has 2 aromatic rings. The normalized spacial score (nSPS) is 15.8. The number of carbonyl (C=O) groups excluding carboxylic acids is 1. The van der Waals surface area contributed by atoms with Crippen LogP contribution in [0, 0.1) is 11.3 Å². The second-order valence-electron chi connectivity index (χ2n) is 5.04. The van der Waals surface area contributed by atoms with Crippen LogP contribution in [0.3, 0.4) is 0 Å². The molecular formula is C19H14N2OS. The minimum Gasteiger partial charge on any atom is -0.307 e. The fourth-order valence-electron chi connectivity index (χ4n) is 2.40. The third-order valence-corrected chi connectivity index (χ3v) is 4.57. The van der Waals surface area contributed by atoms with Gasteiger partial charge in [0.15, 0.2) is 0 Å². The number of hydrogen-bond donors (Lipinski definition) is 0. The molecule has 0 saturated carbocycles. The molecule has 0 bridgehead atoms. The Kier molecular flexibility index (Phi) is 4.31. The fraction of sp³-hybridized carbons (Fsp3) is 0.0526. The number of hydrogen-bond acceptors (Lipinski definition) is 4. The highest BCUT2D eigenvalue weighted by molar-refractivity contribution is 8.06. The zero-order valence-electron chi connectivity index (χ0n) is 12.6. The van der Waals surface area contributed by atoms with Gasteiger partial charge >= 0.3 is 0 Å². The first kappa shape index (κ1) is 15.1. The SMILES string of the molecule is CC1=CS/C(=C(/C#N)C(=O)c2ccccc2)N1c1ccccc1. The van der Waals surface area contributed by atoms with E-state index in [-0.39, 0.29) is 11.4 Å². The maximum atomic E-state index is 12.7. The number of nitrogens with zero attached hydrogens (tertiary/aromatic N) is 2. The van der Waals surface area contributed by atoms with Gasteiger partial charge in [-0.3, -0.25) is 4.79 Å². The number of carbonyl (C=O) groups is 1. The minimum atomic E-state index is -0.250. The van der Waals surface area contributed by atoms with E-state index in [9.17, 15) is 10.1 Å². The van der Waals surface area contributed by atoms with Crippen LogP contribution >= 0.6 is 11.8 Å². The van der Waals surface area contributed by atoms with Gasteiger partial charge < -0.3 is 4.90 Å². The van der Waals surface area contributed by atoms with Crippen molar-refractivity contribution in [2.24, 2.45) is 0 Å². The molecule has 23 heavy (non-hydrogen) atoms. The van der Waals surface area contributed by atoms with Crippen molar-refractivity contribution in [3.63, 3.8) is 0 Å². The molecule has 0 amide bonds. The van der Waals surface area contributed by atoms with E-state index in [1.165, 1.54) is 11.8 Å². The molecule has 1 heterocycles. The summed E-state index contributed by atoms with van der Waals surface area (Å²) in [5.41, 5.74) is 2.62. The molecule has 0 aromatic heterocycles. The van der Waals surface area contributed by atoms with Gasteiger partial charge in [-0.15, -0.1) is 0 Å². The molecule has 1 aliphatic heterocycles. The van der Waals surface area contributed by atoms with E-state index in [2.05, 4.69) is 6.07 Å². The second-order valence-corrected chi connectivity index (χ2v) is 5.89. The van der Waals surface area contributed by atoms with Crippen molar-refractivity contribution in [2.45, 2.75) is 6.92 Å². The van der Waals surface area contributed by atoms with Crippen molar-refractivity contribution < 1.29 is 4.79 Å². The topological polar surface area (TPSA) is 44.1 Å². The smallest absolute Gasteiger partial charge is 0.206 e. The Bertz CT molecular complexity index is 833. The number of benzene rings is 2. The van der Waals surface area contributed by atoms with E-state index in [4.69, 9.17) is 0 Å². The van der Waals surface area contributed by atoms with Crippen molar-refractivity contribution in [2.75, 3.05) is 4.90 Å². The molecule has 3 nitrogen and oxygen atoms in total. The summed E-state index contributed by atoms with van der Waals surface area (Å²) in [5.74, 6) is -0.250. The zero-order chi connectivity index (χ0) is 16.2. The molecule has 4 heteroatoms. The molecule has 1 aliphatic rings. The second kappa shape index (κ2) is 6.55. The van der Waals surface area contributed by atoms with Gasteiger partial charge in [0.05, 0.1) is 0 Å². The highest BCUT2D eigenvalue weighted by atomic mass is 32.2. The van der Waals surface area contributed by atoms with E-state index in [0.29, 0.717) is 10.6 Å². The first-order valence-electron chi connectivity index (χ1n) is 7.15. The lowest BCUT2D eigenvalue weighted by atomic mass is 10.0. The molecule has 2 aromatic carbocycles. The molecule has 0 spiro atoms. The van der Waals surface area contributed by atoms with Crippen LogP contribution in [0.4, 0.5) is 5.69 Å². The monoisotopic (exact) mass is 318 g/mol. The number of nitriles is 1. The van der Waals surface area contributed by atoms with Crippen molar-refractivity contribution in [1.82, 2.24) is 0 Å². The summed E-state index contributed by atoms with van der Waals surface area (Å²) >= 11 is 1.41. The van der Waals surface area contributed by atoms with Crippen LogP contribution in [0.15, 0.2) is 82.4 Å². The van der Waals surface area contributed by atoms with Crippen LogP contribution in [-0.4, -0.2) is 5.78 Å². The summed E-state index contributed by atoms with van der Waals surface area (Å²) in [6.07, 6.45) is 0. The first-order valence-corrected chi connectivity index (χ1v) is 8.03. The summed E-state index contributed by atoms with van der Waals surface area (Å²) in [6, 6.07) is 20.7. The van der Waals surface area contributed by atoms with Crippen molar-refractivity contribution in [1.29, 1.82) is 5.26 Å². The van der Waals surface area contributed by atoms with Gasteiger partial charge in [0.25, 0.3) is 0 Å². The molecule has 112 valence electrons. The third kappa shape index (κ3) is 2.92. The average molecular weight is 318 g/mol. The molecular weight excluding hydrogens is 304 g/mol. The Morgan fingerprint density at radius 2 is 1.65 bits per heavy atom. The number of para-hydroxylation sites is 1. The van der Waals surface area contributed by atoms with Gasteiger partial charge in [0.2, 0.25) is 5.78 Å². The minimum absolute atomic E-state index is 0.165. The van der Waals surface area contributed by atoms with Crippen LogP contribution in [0.1, 0.15) is 17.3 Å². The number of Topliss-reactive ketones (excluding diaryl/α,β-unsaturated/α-hetero) is 1. The zero-order valence-corrected chi connectivity index (χ0v) is 13.4. The van der Waals surface area contributed by atoms with E-state index < -0.39 is 0 Å². The molecule has 3 rings (SSSR count). The predicted molar refractivity (Wildman–Crippen MR) is 93.7 cm³/mol. The van der Waals surface area contributed by atoms with Gasteiger partial charge in [0, 0.05) is 16.9 Å². The maximum absolute atomic E-state index is 12.7. The summed E-state index contributed by atoms with van der Waals surface area (Å²) < 4.78 is 0. The summed E-state index contributed by atoms with van der Waals surface area (Å²) in [7, 11) is 0. The highest BCUT2D eigenvalue weighted by Crippen LogP contribution is 2.40. The quantitative estimate of drug-likeness (QED) is 0.466. The van der Waals surface area contributed by atoms with Crippen molar-refractivity contribution >= 4 is 23.2 Å². The fourth-order valence-corrected chi connectivity index (χ4v) is 3.40. The number of rotatable bonds is 3. The molecule has 0 aliphatic carbocycles. The largest absolute Gasteiger partial charge is 0.307 e. The highest BCUT2D eigenvalue weighted by Gasteiger charge is 2.27. The molecule has 0 saturated heterocycles. The van der Waals surface area contributed by atoms with Crippen LogP contribution in [0.25, 0.3) is 0 Å². The van der Waals surface area contributed by atoms with Crippen molar-refractivity contribution in [3.05, 3.63) is 87.9 Å². The van der Waals surface area contributed by atoms with Crippen LogP contribution in [0.5, 0.6) is 0 Å². The number of anilines is 1. The molecule has 0 unspecified atom stereocenters. The summed E-state index contributed by atoms with van der Waals surface area (Å²) in [4.78, 5) is 14.7. The van der Waals surface area contributed by atoms with Gasteiger partial charge in [-0.1, -0.05) is 60.3 Å².